The summed E-state index contributed by atoms with van der Waals surface area (Å²) in [5, 5.41) is 2.62. The lowest BCUT2D eigenvalue weighted by Gasteiger charge is -2.48. The Kier molecular flexibility index (Phi) is 16.6. The zero-order chi connectivity index (χ0) is 46.1. The predicted molar refractivity (Wildman–Crippen MR) is 240 cm³/mol. The highest BCUT2D eigenvalue weighted by molar-refractivity contribution is 6.08. The number of rotatable bonds is 14. The first-order chi connectivity index (χ1) is 32.2. The number of aliphatic imine (C=N–C) groups is 1. The van der Waals surface area contributed by atoms with Gasteiger partial charge in [-0.15, -0.1) is 4.99 Å². The second-order valence-electron chi connectivity index (χ2n) is 16.1. The minimum absolute atomic E-state index is 0.0177. The zero-order valence-corrected chi connectivity index (χ0v) is 36.6. The number of amides is 6. The Hall–Kier alpha value is -7.43. The number of para-hydroxylation sites is 1. The van der Waals surface area contributed by atoms with Gasteiger partial charge in [-0.2, -0.15) is 0 Å². The molecule has 3 aliphatic heterocycles. The molecular weight excluding hydrogens is 849 g/mol. The molecule has 7 rings (SSSR count). The third-order valence-corrected chi connectivity index (χ3v) is 11.5. The first-order valence-electron chi connectivity index (χ1n) is 22.2. The number of guanidine groups is 1. The zero-order valence-electron chi connectivity index (χ0n) is 36.6. The fraction of sp³-hybridized carbons (Fsp3) is 0.367. The molecule has 0 spiro atoms. The number of β-lactam (4-membered cyclic amide) rings is 1. The summed E-state index contributed by atoms with van der Waals surface area (Å²) in [5.74, 6) is -1.68. The number of benzene rings is 4. The second-order valence-corrected chi connectivity index (χ2v) is 16.1. The number of urea groups is 1. The molecule has 4 aromatic rings. The summed E-state index contributed by atoms with van der Waals surface area (Å²) in [4.78, 5) is 90.7. The lowest BCUT2D eigenvalue weighted by Crippen LogP contribution is -2.70. The van der Waals surface area contributed by atoms with Crippen molar-refractivity contribution in [2.75, 3.05) is 52.5 Å². The minimum atomic E-state index is -1.20. The summed E-state index contributed by atoms with van der Waals surface area (Å²) < 4.78 is 27.7. The van der Waals surface area contributed by atoms with Crippen LogP contribution in [-0.4, -0.2) is 120 Å². The Bertz CT molecular complexity index is 2280. The van der Waals surface area contributed by atoms with Crippen LogP contribution in [0.5, 0.6) is 5.75 Å². The van der Waals surface area contributed by atoms with Gasteiger partial charge in [0, 0.05) is 45.7 Å². The summed E-state index contributed by atoms with van der Waals surface area (Å²) in [7, 11) is 0. The maximum Gasteiger partial charge on any atom is 0.437 e. The number of imide groups is 1. The van der Waals surface area contributed by atoms with Crippen LogP contribution in [0.4, 0.5) is 19.2 Å². The number of nitrogens with one attached hydrogen (secondary N) is 1. The molecule has 3 aliphatic rings. The number of nitrogens with zero attached hydrogens (tertiary/aromatic N) is 5. The van der Waals surface area contributed by atoms with Gasteiger partial charge in [-0.25, -0.2) is 28.9 Å². The van der Waals surface area contributed by atoms with Crippen molar-refractivity contribution >= 4 is 42.1 Å². The maximum absolute atomic E-state index is 14.0. The molecule has 17 nitrogen and oxygen atoms in total. The maximum atomic E-state index is 14.0. The molecule has 3 unspecified atom stereocenters. The Morgan fingerprint density at radius 1 is 0.621 bits per heavy atom. The Balaban J connectivity index is 0.977. The van der Waals surface area contributed by atoms with E-state index >= 15 is 0 Å². The van der Waals surface area contributed by atoms with Gasteiger partial charge in [-0.05, 0) is 54.0 Å². The highest BCUT2D eigenvalue weighted by Crippen LogP contribution is 2.37. The lowest BCUT2D eigenvalue weighted by molar-refractivity contribution is -0.172. The Morgan fingerprint density at radius 2 is 1.18 bits per heavy atom. The van der Waals surface area contributed by atoms with Crippen LogP contribution < -0.4 is 10.1 Å². The van der Waals surface area contributed by atoms with Gasteiger partial charge in [0.15, 0.2) is 6.04 Å². The molecule has 6 amide bonds. The lowest BCUT2D eigenvalue weighted by atomic mass is 9.78. The first kappa shape index (κ1) is 46.6. The number of alkyl carbamates (subject to hydrolysis) is 1. The van der Waals surface area contributed by atoms with Crippen LogP contribution in [-0.2, 0) is 48.4 Å². The van der Waals surface area contributed by atoms with Crippen LogP contribution in [0.1, 0.15) is 42.4 Å². The fourth-order valence-electron chi connectivity index (χ4n) is 8.00. The molecule has 0 aromatic heterocycles. The van der Waals surface area contributed by atoms with Crippen LogP contribution in [0, 0.1) is 11.8 Å². The van der Waals surface area contributed by atoms with E-state index in [0.717, 1.165) is 27.3 Å². The average Bonchev–Trinajstić information content (AvgIpc) is 3.36. The molecule has 3 heterocycles. The number of esters is 1. The molecule has 3 saturated heterocycles. The smallest absolute Gasteiger partial charge is 0.437 e. The van der Waals surface area contributed by atoms with Crippen molar-refractivity contribution in [1.82, 2.24) is 24.9 Å². The van der Waals surface area contributed by atoms with Crippen molar-refractivity contribution in [2.45, 2.75) is 51.5 Å². The van der Waals surface area contributed by atoms with Crippen LogP contribution in [0.3, 0.4) is 0 Å². The molecule has 0 aliphatic carbocycles. The van der Waals surface area contributed by atoms with E-state index in [0.29, 0.717) is 32.4 Å². The minimum Gasteiger partial charge on any atom is -0.493 e. The molecule has 4 aromatic carbocycles. The SMILES string of the molecule is O=C(/N=C(\NC(=O)OCc1ccccc1)N1CCCC(CC2C(=O)N(C(=O)N3CCN(C(=O)OCCCOc4ccccc4)CC3)C2C(=O)OCc2ccccc2)C1)OCc1ccccc1. The average molecular weight is 903 g/mol. The Morgan fingerprint density at radius 3 is 1.80 bits per heavy atom. The second kappa shape index (κ2) is 23.5. The van der Waals surface area contributed by atoms with E-state index in [9.17, 15) is 28.8 Å². The van der Waals surface area contributed by atoms with Gasteiger partial charge in [-0.1, -0.05) is 109 Å². The molecule has 0 bridgehead atoms. The van der Waals surface area contributed by atoms with E-state index in [2.05, 4.69) is 10.3 Å². The number of hydrogen-bond donors (Lipinski definition) is 1. The summed E-state index contributed by atoms with van der Waals surface area (Å²) >= 11 is 0. The van der Waals surface area contributed by atoms with Crippen molar-refractivity contribution in [3.8, 4) is 5.75 Å². The highest BCUT2D eigenvalue weighted by Gasteiger charge is 2.57. The quantitative estimate of drug-likeness (QED) is 0.0357. The third-order valence-electron chi connectivity index (χ3n) is 11.5. The van der Waals surface area contributed by atoms with Gasteiger partial charge in [0.2, 0.25) is 11.9 Å². The van der Waals surface area contributed by atoms with E-state index in [4.69, 9.17) is 23.7 Å². The topological polar surface area (TPSA) is 186 Å². The molecular formula is C49H54N6O11. The number of piperidine rings is 1. The van der Waals surface area contributed by atoms with Crippen LogP contribution in [0.2, 0.25) is 0 Å². The van der Waals surface area contributed by atoms with Crippen molar-refractivity contribution in [1.29, 1.82) is 0 Å². The Labute approximate surface area is 383 Å². The number of hydrogen-bond acceptors (Lipinski definition) is 11. The van der Waals surface area contributed by atoms with Crippen molar-refractivity contribution < 1.29 is 52.5 Å². The van der Waals surface area contributed by atoms with Crippen LogP contribution in [0.15, 0.2) is 126 Å². The van der Waals surface area contributed by atoms with Gasteiger partial charge in [0.25, 0.3) is 0 Å². The van der Waals surface area contributed by atoms with Gasteiger partial charge in [0.1, 0.15) is 25.6 Å². The number of likely N-dealkylation sites (tertiary alicyclic amines) is 2. The molecule has 66 heavy (non-hydrogen) atoms. The van der Waals surface area contributed by atoms with Crippen LogP contribution >= 0.6 is 0 Å². The number of ether oxygens (including phenoxy) is 5. The molecule has 0 saturated carbocycles. The highest BCUT2D eigenvalue weighted by atomic mass is 16.6. The van der Waals surface area contributed by atoms with Crippen LogP contribution in [0.25, 0.3) is 0 Å². The van der Waals surface area contributed by atoms with E-state index < -0.39 is 48.1 Å². The molecule has 3 atom stereocenters. The van der Waals surface area contributed by atoms with Gasteiger partial charge in [-0.3, -0.25) is 10.1 Å². The number of carbonyl (C=O) groups excluding carboxylic acids is 6. The molecule has 17 heteroatoms. The summed E-state index contributed by atoms with van der Waals surface area (Å²) in [6, 6.07) is 34.8. The fourth-order valence-corrected chi connectivity index (χ4v) is 8.00. The standard InChI is InChI=1S/C49H54N6O11/c56-43-41(31-39-21-13-24-54(32-39)45(50-46(58)65-34-37-17-7-2-8-18-37)51-47(59)66-35-38-19-9-3-10-20-38)42(44(57)64-33-36-15-5-1-6-16-36)55(43)48(60)52-25-27-53(28-26-52)49(61)63-30-14-29-62-40-22-11-4-12-23-40/h1-12,15-20,22-23,39,41-42H,13-14,21,24-35H2,(H,50,51,58,59). The van der Waals surface area contributed by atoms with Gasteiger partial charge in [0.05, 0.1) is 19.1 Å². The third kappa shape index (κ3) is 13.1. The molecule has 1 N–H and O–H groups in total. The number of carbonyl (C=O) groups is 6. The van der Waals surface area contributed by atoms with E-state index in [1.165, 1.54) is 9.80 Å². The van der Waals surface area contributed by atoms with Gasteiger partial charge < -0.3 is 38.4 Å². The van der Waals surface area contributed by atoms with E-state index in [1.54, 1.807) is 29.2 Å². The van der Waals surface area contributed by atoms with E-state index in [1.807, 2.05) is 97.1 Å². The van der Waals surface area contributed by atoms with Crippen molar-refractivity contribution in [2.24, 2.45) is 16.8 Å². The van der Waals surface area contributed by atoms with E-state index in [-0.39, 0.29) is 77.4 Å². The van der Waals surface area contributed by atoms with Gasteiger partial charge >= 0.3 is 30.3 Å². The summed E-state index contributed by atoms with van der Waals surface area (Å²) in [6.07, 6.45) is -0.301. The first-order valence-corrected chi connectivity index (χ1v) is 22.2. The number of piperazine rings is 1. The van der Waals surface area contributed by atoms with Crippen molar-refractivity contribution in [3.63, 3.8) is 0 Å². The summed E-state index contributed by atoms with van der Waals surface area (Å²) in [5.41, 5.74) is 2.26. The molecule has 346 valence electrons. The monoisotopic (exact) mass is 902 g/mol. The predicted octanol–water partition coefficient (Wildman–Crippen LogP) is 6.62. The molecule has 3 fully saturated rings. The summed E-state index contributed by atoms with van der Waals surface area (Å²) in [6.45, 7) is 1.70. The normalized spacial score (nSPS) is 18.4. The molecule has 0 radical (unpaired) electrons. The van der Waals surface area contributed by atoms with Crippen molar-refractivity contribution in [3.05, 3.63) is 138 Å². The largest absolute Gasteiger partial charge is 0.493 e.